The van der Waals surface area contributed by atoms with Gasteiger partial charge in [-0.05, 0) is 18.9 Å². The molecule has 1 heterocycles. The summed E-state index contributed by atoms with van der Waals surface area (Å²) in [4.78, 5) is 26.2. The molecule has 0 aliphatic carbocycles. The maximum absolute atomic E-state index is 12.6. The van der Waals surface area contributed by atoms with Gasteiger partial charge in [-0.15, -0.1) is 0 Å². The Kier molecular flexibility index (Phi) is 5.55. The molecule has 1 saturated heterocycles. The second-order valence-electron chi connectivity index (χ2n) is 5.24. The van der Waals surface area contributed by atoms with Crippen molar-refractivity contribution in [3.8, 4) is 0 Å². The molecule has 0 spiro atoms. The van der Waals surface area contributed by atoms with Crippen molar-refractivity contribution in [3.63, 3.8) is 0 Å². The average molecular weight is 286 g/mol. The molecule has 4 nitrogen and oxygen atoms in total. The summed E-state index contributed by atoms with van der Waals surface area (Å²) in [6, 6.07) is 9.35. The Hall–Kier alpha value is -2.10. The summed E-state index contributed by atoms with van der Waals surface area (Å²) in [6.45, 7) is 3.14. The Bertz CT molecular complexity index is 511. The minimum absolute atomic E-state index is 0.0224. The van der Waals surface area contributed by atoms with Crippen LogP contribution in [0.2, 0.25) is 0 Å². The van der Waals surface area contributed by atoms with Gasteiger partial charge in [0.05, 0.1) is 0 Å². The van der Waals surface area contributed by atoms with E-state index in [0.717, 1.165) is 12.0 Å². The summed E-state index contributed by atoms with van der Waals surface area (Å²) in [5.74, 6) is -0.0213. The quantitative estimate of drug-likeness (QED) is 0.841. The SMILES string of the molecule is C/C=C/CCN1CCC(=O)NC(Cc2ccccc2)C1=O. The van der Waals surface area contributed by atoms with Crippen LogP contribution >= 0.6 is 0 Å². The molecule has 4 heteroatoms. The average Bonchev–Trinajstić information content (AvgIpc) is 2.62. The molecule has 0 radical (unpaired) electrons. The van der Waals surface area contributed by atoms with E-state index in [0.29, 0.717) is 25.9 Å². The molecule has 2 rings (SSSR count). The van der Waals surface area contributed by atoms with Gasteiger partial charge in [-0.2, -0.15) is 0 Å². The highest BCUT2D eigenvalue weighted by molar-refractivity contribution is 5.90. The Morgan fingerprint density at radius 1 is 1.29 bits per heavy atom. The van der Waals surface area contributed by atoms with E-state index in [1.165, 1.54) is 0 Å². The van der Waals surface area contributed by atoms with Crippen LogP contribution in [0.15, 0.2) is 42.5 Å². The number of amides is 2. The van der Waals surface area contributed by atoms with Gasteiger partial charge in [0.2, 0.25) is 11.8 Å². The van der Waals surface area contributed by atoms with E-state index >= 15 is 0 Å². The summed E-state index contributed by atoms with van der Waals surface area (Å²) in [7, 11) is 0. The summed E-state index contributed by atoms with van der Waals surface area (Å²) in [6.07, 6.45) is 5.78. The number of nitrogens with one attached hydrogen (secondary N) is 1. The van der Waals surface area contributed by atoms with Gasteiger partial charge in [0.15, 0.2) is 0 Å². The van der Waals surface area contributed by atoms with Gasteiger partial charge in [0, 0.05) is 25.9 Å². The van der Waals surface area contributed by atoms with Gasteiger partial charge < -0.3 is 10.2 Å². The highest BCUT2D eigenvalue weighted by Gasteiger charge is 2.29. The standard InChI is InChI=1S/C17H22N2O2/c1-2-3-7-11-19-12-10-16(20)18-15(17(19)21)13-14-8-5-4-6-9-14/h2-6,8-9,15H,7,10-13H2,1H3,(H,18,20)/b3-2+. The van der Waals surface area contributed by atoms with E-state index in [2.05, 4.69) is 5.32 Å². The molecule has 0 bridgehead atoms. The molecule has 1 N–H and O–H groups in total. The zero-order valence-corrected chi connectivity index (χ0v) is 12.4. The summed E-state index contributed by atoms with van der Waals surface area (Å²) >= 11 is 0. The summed E-state index contributed by atoms with van der Waals surface area (Å²) in [5, 5.41) is 2.85. The van der Waals surface area contributed by atoms with Crippen LogP contribution in [0.4, 0.5) is 0 Å². The fraction of sp³-hybridized carbons (Fsp3) is 0.412. The Morgan fingerprint density at radius 3 is 2.76 bits per heavy atom. The lowest BCUT2D eigenvalue weighted by molar-refractivity contribution is -0.133. The van der Waals surface area contributed by atoms with Gasteiger partial charge in [-0.3, -0.25) is 9.59 Å². The van der Waals surface area contributed by atoms with Gasteiger partial charge in [0.25, 0.3) is 0 Å². The molecule has 0 saturated carbocycles. The number of hydrogen-bond acceptors (Lipinski definition) is 2. The Labute approximate surface area is 125 Å². The second kappa shape index (κ2) is 7.62. The molecule has 1 aliphatic heterocycles. The lowest BCUT2D eigenvalue weighted by Crippen LogP contribution is -2.46. The maximum Gasteiger partial charge on any atom is 0.245 e. The molecular formula is C17H22N2O2. The lowest BCUT2D eigenvalue weighted by Gasteiger charge is -2.23. The van der Waals surface area contributed by atoms with Crippen LogP contribution in [0.5, 0.6) is 0 Å². The molecule has 112 valence electrons. The van der Waals surface area contributed by atoms with Crippen molar-refractivity contribution < 1.29 is 9.59 Å². The summed E-state index contributed by atoms with van der Waals surface area (Å²) in [5.41, 5.74) is 1.06. The van der Waals surface area contributed by atoms with Crippen molar-refractivity contribution >= 4 is 11.8 Å². The maximum atomic E-state index is 12.6. The van der Waals surface area contributed by atoms with Crippen LogP contribution in [0.1, 0.15) is 25.3 Å². The largest absolute Gasteiger partial charge is 0.344 e. The monoisotopic (exact) mass is 286 g/mol. The number of nitrogens with zero attached hydrogens (tertiary/aromatic N) is 1. The van der Waals surface area contributed by atoms with Gasteiger partial charge in [-0.1, -0.05) is 42.5 Å². The van der Waals surface area contributed by atoms with Crippen LogP contribution in [-0.2, 0) is 16.0 Å². The lowest BCUT2D eigenvalue weighted by atomic mass is 10.1. The first kappa shape index (κ1) is 15.3. The minimum Gasteiger partial charge on any atom is -0.344 e. The zero-order valence-electron chi connectivity index (χ0n) is 12.4. The molecule has 1 aromatic carbocycles. The fourth-order valence-corrected chi connectivity index (χ4v) is 2.50. The molecule has 0 aromatic heterocycles. The molecule has 2 amide bonds. The predicted octanol–water partition coefficient (Wildman–Crippen LogP) is 1.91. The van der Waals surface area contributed by atoms with Gasteiger partial charge in [0.1, 0.15) is 6.04 Å². The van der Waals surface area contributed by atoms with Crippen molar-refractivity contribution in [2.45, 2.75) is 32.2 Å². The van der Waals surface area contributed by atoms with Gasteiger partial charge >= 0.3 is 0 Å². The van der Waals surface area contributed by atoms with Crippen LogP contribution in [0, 0.1) is 0 Å². The van der Waals surface area contributed by atoms with Crippen molar-refractivity contribution in [2.75, 3.05) is 13.1 Å². The smallest absolute Gasteiger partial charge is 0.245 e. The first-order chi connectivity index (χ1) is 10.2. The highest BCUT2D eigenvalue weighted by Crippen LogP contribution is 2.10. The highest BCUT2D eigenvalue weighted by atomic mass is 16.2. The summed E-state index contributed by atoms with van der Waals surface area (Å²) < 4.78 is 0. The molecule has 21 heavy (non-hydrogen) atoms. The fourth-order valence-electron chi connectivity index (χ4n) is 2.50. The normalized spacial score (nSPS) is 19.7. The first-order valence-corrected chi connectivity index (χ1v) is 7.44. The van der Waals surface area contributed by atoms with Crippen molar-refractivity contribution in [1.82, 2.24) is 10.2 Å². The molecule has 1 atom stereocenters. The van der Waals surface area contributed by atoms with Gasteiger partial charge in [-0.25, -0.2) is 0 Å². The second-order valence-corrected chi connectivity index (χ2v) is 5.24. The number of benzene rings is 1. The first-order valence-electron chi connectivity index (χ1n) is 7.44. The van der Waals surface area contributed by atoms with Crippen LogP contribution < -0.4 is 5.32 Å². The molecule has 1 fully saturated rings. The predicted molar refractivity (Wildman–Crippen MR) is 82.7 cm³/mol. The van der Waals surface area contributed by atoms with E-state index in [1.54, 1.807) is 4.90 Å². The van der Waals surface area contributed by atoms with Crippen molar-refractivity contribution in [3.05, 3.63) is 48.0 Å². The zero-order chi connectivity index (χ0) is 15.1. The number of carbonyl (C=O) groups is 2. The van der Waals surface area contributed by atoms with Crippen molar-refractivity contribution in [2.24, 2.45) is 0 Å². The van der Waals surface area contributed by atoms with Crippen LogP contribution in [0.3, 0.4) is 0 Å². The number of rotatable bonds is 5. The van der Waals surface area contributed by atoms with Crippen molar-refractivity contribution in [1.29, 1.82) is 0 Å². The minimum atomic E-state index is -0.451. The number of hydrogen-bond donors (Lipinski definition) is 1. The van der Waals surface area contributed by atoms with Crippen LogP contribution in [0.25, 0.3) is 0 Å². The van der Waals surface area contributed by atoms with E-state index < -0.39 is 6.04 Å². The van der Waals surface area contributed by atoms with E-state index in [1.807, 2.05) is 49.4 Å². The Morgan fingerprint density at radius 2 is 2.05 bits per heavy atom. The molecule has 1 aromatic rings. The van der Waals surface area contributed by atoms with E-state index in [-0.39, 0.29) is 11.8 Å². The topological polar surface area (TPSA) is 49.4 Å². The number of allylic oxidation sites excluding steroid dienone is 1. The number of carbonyl (C=O) groups excluding carboxylic acids is 2. The van der Waals surface area contributed by atoms with E-state index in [9.17, 15) is 9.59 Å². The van der Waals surface area contributed by atoms with E-state index in [4.69, 9.17) is 0 Å². The molecular weight excluding hydrogens is 264 g/mol. The Balaban J connectivity index is 2.06. The molecule has 1 aliphatic rings. The molecule has 1 unspecified atom stereocenters. The third kappa shape index (κ3) is 4.45. The third-order valence-electron chi connectivity index (χ3n) is 3.64. The van der Waals surface area contributed by atoms with Crippen LogP contribution in [-0.4, -0.2) is 35.8 Å². The third-order valence-corrected chi connectivity index (χ3v) is 3.64.